The maximum Gasteiger partial charge on any atom is 0.282 e. The van der Waals surface area contributed by atoms with Gasteiger partial charge in [-0.2, -0.15) is 0 Å². The number of carbonyl (C=O) groups is 2. The fraction of sp³-hybridized carbons (Fsp3) is 0.231. The predicted molar refractivity (Wildman–Crippen MR) is 72.8 cm³/mol. The van der Waals surface area contributed by atoms with E-state index in [1.165, 1.54) is 5.01 Å². The van der Waals surface area contributed by atoms with Crippen LogP contribution in [-0.2, 0) is 9.59 Å². The zero-order valence-corrected chi connectivity index (χ0v) is 11.7. The summed E-state index contributed by atoms with van der Waals surface area (Å²) < 4.78 is 0.921. The van der Waals surface area contributed by atoms with Crippen LogP contribution in [-0.4, -0.2) is 11.8 Å². The highest BCUT2D eigenvalue weighted by Gasteiger charge is 2.35. The number of benzene rings is 1. The molecule has 2 rings (SSSR count). The van der Waals surface area contributed by atoms with E-state index in [1.807, 2.05) is 19.1 Å². The van der Waals surface area contributed by atoms with Crippen LogP contribution in [0.25, 0.3) is 0 Å². The van der Waals surface area contributed by atoms with Crippen molar-refractivity contribution in [2.75, 3.05) is 5.01 Å². The number of nitrogens with zero attached hydrogens (tertiary/aromatic N) is 1. The molecule has 1 aromatic carbocycles. The van der Waals surface area contributed by atoms with Crippen LogP contribution in [0.5, 0.6) is 0 Å². The summed E-state index contributed by atoms with van der Waals surface area (Å²) in [6.07, 6.45) is 0.683. The fourth-order valence-electron chi connectivity index (χ4n) is 1.74. The van der Waals surface area contributed by atoms with Crippen molar-refractivity contribution in [2.24, 2.45) is 0 Å². The van der Waals surface area contributed by atoms with Gasteiger partial charge in [-0.15, -0.1) is 0 Å². The number of hydrogen-bond donors (Lipinski definition) is 1. The van der Waals surface area contributed by atoms with E-state index >= 15 is 0 Å². The van der Waals surface area contributed by atoms with E-state index in [0.29, 0.717) is 12.1 Å². The van der Waals surface area contributed by atoms with Crippen molar-refractivity contribution in [1.29, 1.82) is 0 Å². The molecule has 0 aliphatic carbocycles. The van der Waals surface area contributed by atoms with E-state index in [1.54, 1.807) is 19.1 Å². The molecule has 0 spiro atoms. The molecule has 0 bridgehead atoms. The highest BCUT2D eigenvalue weighted by molar-refractivity contribution is 9.10. The van der Waals surface area contributed by atoms with Crippen molar-refractivity contribution in [1.82, 2.24) is 5.43 Å². The molecule has 1 aromatic rings. The number of hydrazine groups is 1. The van der Waals surface area contributed by atoms with Gasteiger partial charge >= 0.3 is 0 Å². The molecular weight excluding hydrogens is 296 g/mol. The average molecular weight is 309 g/mol. The Labute approximate surface area is 114 Å². The van der Waals surface area contributed by atoms with Crippen LogP contribution in [0.3, 0.4) is 0 Å². The molecule has 5 heteroatoms. The second kappa shape index (κ2) is 4.94. The summed E-state index contributed by atoms with van der Waals surface area (Å²) in [7, 11) is 0. The quantitative estimate of drug-likeness (QED) is 0.674. The number of halogens is 1. The molecule has 0 aromatic heterocycles. The van der Waals surface area contributed by atoms with Crippen LogP contribution in [0.1, 0.15) is 20.3 Å². The van der Waals surface area contributed by atoms with Crippen molar-refractivity contribution in [3.63, 3.8) is 0 Å². The molecule has 0 saturated carbocycles. The van der Waals surface area contributed by atoms with E-state index in [2.05, 4.69) is 21.4 Å². The van der Waals surface area contributed by atoms with Gasteiger partial charge in [0.2, 0.25) is 0 Å². The smallest absolute Gasteiger partial charge is 0.267 e. The number of carbonyl (C=O) groups excluding carboxylic acids is 2. The van der Waals surface area contributed by atoms with Crippen LogP contribution in [0.4, 0.5) is 5.69 Å². The Morgan fingerprint density at radius 2 is 1.89 bits per heavy atom. The molecule has 0 radical (unpaired) electrons. The van der Waals surface area contributed by atoms with Crippen LogP contribution < -0.4 is 10.4 Å². The SMILES string of the molecule is CC/C(C)=C1\C(=O)NN(c2ccc(Br)cc2)C1=O. The van der Waals surface area contributed by atoms with E-state index in [9.17, 15) is 9.59 Å². The van der Waals surface area contributed by atoms with Crippen LogP contribution >= 0.6 is 15.9 Å². The normalized spacial score (nSPS) is 18.1. The van der Waals surface area contributed by atoms with Gasteiger partial charge in [0.1, 0.15) is 5.57 Å². The van der Waals surface area contributed by atoms with E-state index < -0.39 is 0 Å². The largest absolute Gasteiger partial charge is 0.282 e. The average Bonchev–Trinajstić information content (AvgIpc) is 2.65. The number of anilines is 1. The zero-order valence-electron chi connectivity index (χ0n) is 10.2. The van der Waals surface area contributed by atoms with Crippen molar-refractivity contribution in [3.05, 3.63) is 39.9 Å². The lowest BCUT2D eigenvalue weighted by atomic mass is 10.1. The first-order valence-corrected chi connectivity index (χ1v) is 6.44. The second-order valence-corrected chi connectivity index (χ2v) is 4.98. The summed E-state index contributed by atoms with van der Waals surface area (Å²) in [5.74, 6) is -0.621. The molecule has 0 unspecified atom stereocenters. The first kappa shape index (κ1) is 12.8. The van der Waals surface area contributed by atoms with E-state index in [0.717, 1.165) is 10.0 Å². The summed E-state index contributed by atoms with van der Waals surface area (Å²) in [5.41, 5.74) is 4.28. The zero-order chi connectivity index (χ0) is 13.3. The Morgan fingerprint density at radius 3 is 2.44 bits per heavy atom. The van der Waals surface area contributed by atoms with Gasteiger partial charge in [-0.1, -0.05) is 28.4 Å². The summed E-state index contributed by atoms with van der Waals surface area (Å²) in [5, 5.41) is 1.28. The minimum atomic E-state index is -0.331. The molecule has 18 heavy (non-hydrogen) atoms. The molecule has 1 saturated heterocycles. The maximum absolute atomic E-state index is 12.2. The molecule has 1 heterocycles. The molecule has 1 N–H and O–H groups in total. The van der Waals surface area contributed by atoms with Gasteiger partial charge in [0.15, 0.2) is 0 Å². The van der Waals surface area contributed by atoms with Crippen molar-refractivity contribution >= 4 is 33.4 Å². The molecule has 0 atom stereocenters. The molecule has 1 aliphatic heterocycles. The van der Waals surface area contributed by atoms with Gasteiger partial charge in [0, 0.05) is 4.47 Å². The molecule has 1 aliphatic rings. The van der Waals surface area contributed by atoms with Gasteiger partial charge in [-0.25, -0.2) is 5.01 Å². The number of hydrogen-bond acceptors (Lipinski definition) is 2. The fourth-order valence-corrected chi connectivity index (χ4v) is 2.01. The highest BCUT2D eigenvalue weighted by atomic mass is 79.9. The number of amides is 2. The molecule has 4 nitrogen and oxygen atoms in total. The molecular formula is C13H13BrN2O2. The Balaban J connectivity index is 2.37. The van der Waals surface area contributed by atoms with Crippen LogP contribution in [0.15, 0.2) is 39.9 Å². The van der Waals surface area contributed by atoms with Crippen molar-refractivity contribution < 1.29 is 9.59 Å². The Kier molecular flexibility index (Phi) is 3.52. The third-order valence-corrected chi connectivity index (χ3v) is 3.43. The maximum atomic E-state index is 12.2. The van der Waals surface area contributed by atoms with Gasteiger partial charge in [0.05, 0.1) is 5.69 Å². The summed E-state index contributed by atoms with van der Waals surface area (Å²) in [6, 6.07) is 7.19. The van der Waals surface area contributed by atoms with E-state index in [4.69, 9.17) is 0 Å². The van der Waals surface area contributed by atoms with E-state index in [-0.39, 0.29) is 17.4 Å². The van der Waals surface area contributed by atoms with Gasteiger partial charge in [0.25, 0.3) is 11.8 Å². The first-order chi connectivity index (χ1) is 8.54. The second-order valence-electron chi connectivity index (χ2n) is 4.07. The Bertz CT molecular complexity index is 534. The number of rotatable bonds is 2. The van der Waals surface area contributed by atoms with Crippen molar-refractivity contribution in [2.45, 2.75) is 20.3 Å². The van der Waals surface area contributed by atoms with Gasteiger partial charge in [-0.05, 0) is 37.6 Å². The predicted octanol–water partition coefficient (Wildman–Crippen LogP) is 2.55. The minimum absolute atomic E-state index is 0.250. The standard InChI is InChI=1S/C13H13BrN2O2/c1-3-8(2)11-12(17)15-16(13(11)18)10-6-4-9(14)5-7-10/h4-7H,3H2,1-2H3,(H,15,17)/b11-8+. The number of nitrogens with one attached hydrogen (secondary N) is 1. The number of allylic oxidation sites excluding steroid dienone is 1. The highest BCUT2D eigenvalue weighted by Crippen LogP contribution is 2.24. The lowest BCUT2D eigenvalue weighted by Gasteiger charge is -2.14. The lowest BCUT2D eigenvalue weighted by Crippen LogP contribution is -2.35. The Hall–Kier alpha value is -1.62. The van der Waals surface area contributed by atoms with Crippen LogP contribution in [0, 0.1) is 0 Å². The minimum Gasteiger partial charge on any atom is -0.267 e. The Morgan fingerprint density at radius 1 is 1.28 bits per heavy atom. The summed E-state index contributed by atoms with van der Waals surface area (Å²) in [6.45, 7) is 3.73. The van der Waals surface area contributed by atoms with Gasteiger partial charge < -0.3 is 0 Å². The molecule has 94 valence electrons. The summed E-state index contributed by atoms with van der Waals surface area (Å²) >= 11 is 3.33. The topological polar surface area (TPSA) is 49.4 Å². The first-order valence-electron chi connectivity index (χ1n) is 5.65. The molecule has 2 amide bonds. The lowest BCUT2D eigenvalue weighted by molar-refractivity contribution is -0.117. The molecule has 1 fully saturated rings. The third-order valence-electron chi connectivity index (χ3n) is 2.90. The van der Waals surface area contributed by atoms with Gasteiger partial charge in [-0.3, -0.25) is 15.0 Å². The van der Waals surface area contributed by atoms with Crippen molar-refractivity contribution in [3.8, 4) is 0 Å². The third kappa shape index (κ3) is 2.18. The van der Waals surface area contributed by atoms with Crippen LogP contribution in [0.2, 0.25) is 0 Å². The monoisotopic (exact) mass is 308 g/mol. The summed E-state index contributed by atoms with van der Waals surface area (Å²) in [4.78, 5) is 24.0.